The Kier molecular flexibility index (Phi) is 6.89. The van der Waals surface area contributed by atoms with Gasteiger partial charge in [0.2, 0.25) is 5.91 Å². The van der Waals surface area contributed by atoms with E-state index in [1.165, 1.54) is 0 Å². The van der Waals surface area contributed by atoms with Crippen molar-refractivity contribution in [3.8, 4) is 0 Å². The number of carboxylic acids is 1. The van der Waals surface area contributed by atoms with E-state index in [1.807, 2.05) is 5.32 Å². The molecule has 7 nitrogen and oxygen atoms in total. The summed E-state index contributed by atoms with van der Waals surface area (Å²) in [6.07, 6.45) is -3.57. The van der Waals surface area contributed by atoms with E-state index in [9.17, 15) is 27.6 Å². The first kappa shape index (κ1) is 20.4. The van der Waals surface area contributed by atoms with Crippen LogP contribution in [-0.2, 0) is 15.8 Å². The molecular formula is C15H18F3N3O4. The molecule has 0 aromatic carbocycles. The average Bonchev–Trinajstić information content (AvgIpc) is 2.50. The summed E-state index contributed by atoms with van der Waals surface area (Å²) >= 11 is 0. The number of carbonyl (C=O) groups is 3. The molecule has 0 fully saturated rings. The summed E-state index contributed by atoms with van der Waals surface area (Å²) < 4.78 is 38.5. The van der Waals surface area contributed by atoms with Crippen LogP contribution < -0.4 is 10.6 Å². The molecule has 0 bridgehead atoms. The maximum atomic E-state index is 12.8. The van der Waals surface area contributed by atoms with Crippen molar-refractivity contribution in [3.63, 3.8) is 0 Å². The molecule has 1 aromatic heterocycles. The van der Waals surface area contributed by atoms with E-state index in [0.717, 1.165) is 12.3 Å². The third kappa shape index (κ3) is 6.40. The lowest BCUT2D eigenvalue weighted by Crippen LogP contribution is -2.46. The summed E-state index contributed by atoms with van der Waals surface area (Å²) in [7, 11) is 0. The highest BCUT2D eigenvalue weighted by Crippen LogP contribution is 2.30. The number of pyridine rings is 1. The topological polar surface area (TPSA) is 108 Å². The summed E-state index contributed by atoms with van der Waals surface area (Å²) in [5, 5.41) is 13.2. The molecule has 0 radical (unpaired) electrons. The summed E-state index contributed by atoms with van der Waals surface area (Å²) in [6, 6.07) is 0.589. The predicted molar refractivity (Wildman–Crippen MR) is 80.6 cm³/mol. The van der Waals surface area contributed by atoms with Gasteiger partial charge in [0.15, 0.2) is 0 Å². The van der Waals surface area contributed by atoms with Crippen LogP contribution in [-0.4, -0.2) is 40.5 Å². The molecule has 0 spiro atoms. The summed E-state index contributed by atoms with van der Waals surface area (Å²) in [5.74, 6) is -3.25. The van der Waals surface area contributed by atoms with Gasteiger partial charge in [-0.3, -0.25) is 14.6 Å². The molecule has 1 heterocycles. The highest BCUT2D eigenvalue weighted by atomic mass is 19.4. The fourth-order valence-electron chi connectivity index (χ4n) is 2.00. The number of carbonyl (C=O) groups excluding carboxylic acids is 2. The van der Waals surface area contributed by atoms with Gasteiger partial charge in [-0.1, -0.05) is 13.8 Å². The second-order valence-electron chi connectivity index (χ2n) is 5.67. The summed E-state index contributed by atoms with van der Waals surface area (Å²) in [6.45, 7) is 2.86. The lowest BCUT2D eigenvalue weighted by molar-refractivity contribution is -0.142. The van der Waals surface area contributed by atoms with Gasteiger partial charge in [-0.05, 0) is 24.5 Å². The van der Waals surface area contributed by atoms with Crippen molar-refractivity contribution >= 4 is 17.8 Å². The number of carboxylic acid groups (broad SMARTS) is 1. The first-order valence-electron chi connectivity index (χ1n) is 7.35. The number of aliphatic carboxylic acids is 1. The summed E-state index contributed by atoms with van der Waals surface area (Å²) in [5.41, 5.74) is -2.09. The van der Waals surface area contributed by atoms with Crippen molar-refractivity contribution in [2.24, 2.45) is 5.92 Å². The van der Waals surface area contributed by atoms with Crippen LogP contribution in [0.3, 0.4) is 0 Å². The number of nitrogens with one attached hydrogen (secondary N) is 2. The number of rotatable bonds is 7. The summed E-state index contributed by atoms with van der Waals surface area (Å²) in [4.78, 5) is 38.0. The molecule has 138 valence electrons. The Bertz CT molecular complexity index is 647. The molecule has 0 saturated carbocycles. The van der Waals surface area contributed by atoms with Crippen LogP contribution in [0.2, 0.25) is 0 Å². The standard InChI is InChI=1S/C15H18F3N3O4/c1-8(2)6-10(14(24)25)21-11(22)7-20-13(23)12-9(15(16,17)18)4-3-5-19-12/h3-5,8,10H,6-7H2,1-2H3,(H,20,23)(H,21,22)(H,24,25)/t10-/m0/s1. The smallest absolute Gasteiger partial charge is 0.418 e. The number of alkyl halides is 3. The van der Waals surface area contributed by atoms with Crippen LogP contribution in [0.15, 0.2) is 18.3 Å². The Labute approximate surface area is 141 Å². The molecule has 1 rings (SSSR count). The maximum absolute atomic E-state index is 12.8. The minimum absolute atomic E-state index is 0.00106. The third-order valence-electron chi connectivity index (χ3n) is 3.08. The zero-order chi connectivity index (χ0) is 19.2. The largest absolute Gasteiger partial charge is 0.480 e. The minimum atomic E-state index is -4.77. The van der Waals surface area contributed by atoms with E-state index in [2.05, 4.69) is 10.3 Å². The minimum Gasteiger partial charge on any atom is -0.480 e. The molecular weight excluding hydrogens is 343 g/mol. The first-order chi connectivity index (χ1) is 11.5. The Morgan fingerprint density at radius 1 is 1.28 bits per heavy atom. The van der Waals surface area contributed by atoms with E-state index in [1.54, 1.807) is 13.8 Å². The van der Waals surface area contributed by atoms with Crippen LogP contribution in [0.1, 0.15) is 36.3 Å². The van der Waals surface area contributed by atoms with Crippen LogP contribution in [0.25, 0.3) is 0 Å². The lowest BCUT2D eigenvalue weighted by atomic mass is 10.0. The van der Waals surface area contributed by atoms with Crippen molar-refractivity contribution in [2.75, 3.05) is 6.54 Å². The van der Waals surface area contributed by atoms with Crippen LogP contribution in [0.4, 0.5) is 13.2 Å². The van der Waals surface area contributed by atoms with E-state index in [0.29, 0.717) is 6.07 Å². The van der Waals surface area contributed by atoms with Crippen LogP contribution in [0.5, 0.6) is 0 Å². The van der Waals surface area contributed by atoms with Gasteiger partial charge >= 0.3 is 12.1 Å². The van der Waals surface area contributed by atoms with Gasteiger partial charge in [-0.15, -0.1) is 0 Å². The van der Waals surface area contributed by atoms with Crippen molar-refractivity contribution in [1.82, 2.24) is 15.6 Å². The lowest BCUT2D eigenvalue weighted by Gasteiger charge is -2.17. The predicted octanol–water partition coefficient (Wildman–Crippen LogP) is 1.45. The molecule has 0 aliphatic carbocycles. The van der Waals surface area contributed by atoms with Crippen LogP contribution >= 0.6 is 0 Å². The number of nitrogens with zero attached hydrogens (tertiary/aromatic N) is 1. The SMILES string of the molecule is CC(C)C[C@H](NC(=O)CNC(=O)c1ncccc1C(F)(F)F)C(=O)O. The Balaban J connectivity index is 2.71. The van der Waals surface area contributed by atoms with Crippen molar-refractivity contribution in [3.05, 3.63) is 29.6 Å². The monoisotopic (exact) mass is 361 g/mol. The van der Waals surface area contributed by atoms with Gasteiger partial charge in [0.1, 0.15) is 11.7 Å². The van der Waals surface area contributed by atoms with Gasteiger partial charge in [-0.2, -0.15) is 13.2 Å². The molecule has 2 amide bonds. The fraction of sp³-hybridized carbons (Fsp3) is 0.467. The number of halogens is 3. The molecule has 3 N–H and O–H groups in total. The number of amides is 2. The number of hydrogen-bond acceptors (Lipinski definition) is 4. The van der Waals surface area contributed by atoms with E-state index in [4.69, 9.17) is 5.11 Å². The molecule has 0 saturated heterocycles. The molecule has 1 atom stereocenters. The Morgan fingerprint density at radius 3 is 2.44 bits per heavy atom. The fourth-order valence-corrected chi connectivity index (χ4v) is 2.00. The van der Waals surface area contributed by atoms with Gasteiger partial charge in [0.05, 0.1) is 12.1 Å². The Hall–Kier alpha value is -2.65. The highest BCUT2D eigenvalue weighted by Gasteiger charge is 2.36. The third-order valence-corrected chi connectivity index (χ3v) is 3.08. The Morgan fingerprint density at radius 2 is 1.92 bits per heavy atom. The zero-order valence-corrected chi connectivity index (χ0v) is 13.6. The number of hydrogen-bond donors (Lipinski definition) is 3. The maximum Gasteiger partial charge on any atom is 0.418 e. The molecule has 0 aliphatic heterocycles. The molecule has 0 aliphatic rings. The molecule has 10 heteroatoms. The van der Waals surface area contributed by atoms with E-state index >= 15 is 0 Å². The van der Waals surface area contributed by atoms with E-state index in [-0.39, 0.29) is 12.3 Å². The molecule has 0 unspecified atom stereocenters. The van der Waals surface area contributed by atoms with Gasteiger partial charge in [0, 0.05) is 6.20 Å². The van der Waals surface area contributed by atoms with Gasteiger partial charge in [0.25, 0.3) is 5.91 Å². The average molecular weight is 361 g/mol. The second-order valence-corrected chi connectivity index (χ2v) is 5.67. The second kappa shape index (κ2) is 8.45. The highest BCUT2D eigenvalue weighted by molar-refractivity contribution is 5.96. The van der Waals surface area contributed by atoms with Crippen molar-refractivity contribution in [2.45, 2.75) is 32.5 Å². The van der Waals surface area contributed by atoms with Crippen molar-refractivity contribution < 1.29 is 32.7 Å². The number of aromatic nitrogens is 1. The van der Waals surface area contributed by atoms with Gasteiger partial charge < -0.3 is 15.7 Å². The quantitative estimate of drug-likeness (QED) is 0.681. The molecule has 1 aromatic rings. The zero-order valence-electron chi connectivity index (χ0n) is 13.6. The van der Waals surface area contributed by atoms with E-state index < -0.39 is 47.8 Å². The first-order valence-corrected chi connectivity index (χ1v) is 7.35. The van der Waals surface area contributed by atoms with Crippen molar-refractivity contribution in [1.29, 1.82) is 0 Å². The van der Waals surface area contributed by atoms with Crippen LogP contribution in [0, 0.1) is 5.92 Å². The van der Waals surface area contributed by atoms with Gasteiger partial charge in [-0.25, -0.2) is 4.79 Å². The normalized spacial score (nSPS) is 12.6. The molecule has 25 heavy (non-hydrogen) atoms.